The Morgan fingerprint density at radius 2 is 1.76 bits per heavy atom. The molecule has 3 rings (SSSR count). The van der Waals surface area contributed by atoms with E-state index < -0.39 is 11.7 Å². The molecule has 1 heterocycles. The zero-order valence-electron chi connectivity index (χ0n) is 12.0. The van der Waals surface area contributed by atoms with Crippen molar-refractivity contribution in [1.29, 1.82) is 0 Å². The number of piperidine rings is 1. The third kappa shape index (κ3) is 2.83. The van der Waals surface area contributed by atoms with Gasteiger partial charge in [-0.2, -0.15) is 13.2 Å². The molecule has 0 spiro atoms. The molecule has 1 aromatic carbocycles. The van der Waals surface area contributed by atoms with Crippen LogP contribution in [-0.2, 0) is 6.18 Å². The van der Waals surface area contributed by atoms with Crippen molar-refractivity contribution in [3.8, 4) is 0 Å². The number of fused-ring (bicyclic) bond motifs is 1. The number of halogens is 3. The smallest absolute Gasteiger partial charge is 0.397 e. The molecule has 1 aliphatic carbocycles. The summed E-state index contributed by atoms with van der Waals surface area (Å²) in [6, 6.07) is 4.22. The lowest BCUT2D eigenvalue weighted by Crippen LogP contribution is -2.47. The van der Waals surface area contributed by atoms with Crippen LogP contribution in [0.4, 0.5) is 24.5 Å². The summed E-state index contributed by atoms with van der Waals surface area (Å²) >= 11 is 0. The first-order chi connectivity index (χ1) is 9.97. The van der Waals surface area contributed by atoms with Gasteiger partial charge >= 0.3 is 6.18 Å². The first-order valence-electron chi connectivity index (χ1n) is 7.70. The Kier molecular flexibility index (Phi) is 3.76. The lowest BCUT2D eigenvalue weighted by Gasteiger charge is -2.45. The second kappa shape index (κ2) is 5.43. The number of nitrogens with zero attached hydrogens (tertiary/aromatic N) is 1. The van der Waals surface area contributed by atoms with Crippen LogP contribution in [0, 0.1) is 5.92 Å². The van der Waals surface area contributed by atoms with Crippen LogP contribution in [0.1, 0.15) is 44.1 Å². The van der Waals surface area contributed by atoms with Crippen LogP contribution >= 0.6 is 0 Å². The molecule has 2 unspecified atom stereocenters. The van der Waals surface area contributed by atoms with Gasteiger partial charge in [0, 0.05) is 12.6 Å². The van der Waals surface area contributed by atoms with Gasteiger partial charge in [0.05, 0.1) is 16.9 Å². The third-order valence-corrected chi connectivity index (χ3v) is 4.91. The van der Waals surface area contributed by atoms with Gasteiger partial charge in [-0.3, -0.25) is 0 Å². The Bertz CT molecular complexity index is 511. The third-order valence-electron chi connectivity index (χ3n) is 4.91. The normalized spacial score (nSPS) is 26.5. The van der Waals surface area contributed by atoms with E-state index in [1.54, 1.807) is 6.07 Å². The highest BCUT2D eigenvalue weighted by atomic mass is 19.4. The van der Waals surface area contributed by atoms with Crippen LogP contribution in [0.5, 0.6) is 0 Å². The molecule has 1 saturated heterocycles. The molecule has 2 nitrogen and oxygen atoms in total. The van der Waals surface area contributed by atoms with E-state index in [0.29, 0.717) is 12.0 Å². The van der Waals surface area contributed by atoms with E-state index in [0.717, 1.165) is 37.2 Å². The highest BCUT2D eigenvalue weighted by Crippen LogP contribution is 2.41. The van der Waals surface area contributed by atoms with Gasteiger partial charge in [-0.15, -0.1) is 0 Å². The van der Waals surface area contributed by atoms with E-state index in [-0.39, 0.29) is 5.69 Å². The summed E-state index contributed by atoms with van der Waals surface area (Å²) in [5.74, 6) is 0.675. The van der Waals surface area contributed by atoms with E-state index in [9.17, 15) is 13.2 Å². The molecule has 2 fully saturated rings. The van der Waals surface area contributed by atoms with Gasteiger partial charge in [0.15, 0.2) is 0 Å². The maximum Gasteiger partial charge on any atom is 0.416 e. The molecule has 1 aliphatic heterocycles. The Morgan fingerprint density at radius 3 is 2.48 bits per heavy atom. The van der Waals surface area contributed by atoms with Crippen LogP contribution in [0.3, 0.4) is 0 Å². The Morgan fingerprint density at radius 1 is 1.05 bits per heavy atom. The summed E-state index contributed by atoms with van der Waals surface area (Å²) in [6.07, 6.45) is 2.85. The largest absolute Gasteiger partial charge is 0.416 e. The molecule has 0 amide bonds. The summed E-state index contributed by atoms with van der Waals surface area (Å²) < 4.78 is 38.2. The Balaban J connectivity index is 1.88. The van der Waals surface area contributed by atoms with Crippen molar-refractivity contribution < 1.29 is 13.2 Å². The van der Waals surface area contributed by atoms with Gasteiger partial charge < -0.3 is 10.6 Å². The highest BCUT2D eigenvalue weighted by molar-refractivity contribution is 5.69. The van der Waals surface area contributed by atoms with Crippen molar-refractivity contribution in [2.24, 2.45) is 5.92 Å². The summed E-state index contributed by atoms with van der Waals surface area (Å²) in [7, 11) is 0. The number of anilines is 2. The van der Waals surface area contributed by atoms with Gasteiger partial charge in [0.25, 0.3) is 0 Å². The van der Waals surface area contributed by atoms with Crippen molar-refractivity contribution in [2.75, 3.05) is 17.2 Å². The van der Waals surface area contributed by atoms with E-state index in [1.807, 2.05) is 0 Å². The van der Waals surface area contributed by atoms with E-state index in [2.05, 4.69) is 4.90 Å². The molecule has 2 atom stereocenters. The van der Waals surface area contributed by atoms with Crippen LogP contribution in [-0.4, -0.2) is 12.6 Å². The maximum absolute atomic E-state index is 12.7. The van der Waals surface area contributed by atoms with Crippen molar-refractivity contribution in [2.45, 2.75) is 50.7 Å². The van der Waals surface area contributed by atoms with Crippen molar-refractivity contribution >= 4 is 11.4 Å². The average Bonchev–Trinajstić information content (AvgIpc) is 2.46. The number of hydrogen-bond donors (Lipinski definition) is 1. The van der Waals surface area contributed by atoms with Gasteiger partial charge in [-0.25, -0.2) is 0 Å². The van der Waals surface area contributed by atoms with Crippen LogP contribution < -0.4 is 10.6 Å². The minimum atomic E-state index is -4.33. The molecule has 1 aromatic rings. The molecule has 21 heavy (non-hydrogen) atoms. The monoisotopic (exact) mass is 298 g/mol. The summed E-state index contributed by atoms with van der Waals surface area (Å²) in [4.78, 5) is 2.25. The number of benzene rings is 1. The fraction of sp³-hybridized carbons (Fsp3) is 0.625. The molecular formula is C16H21F3N2. The first-order valence-corrected chi connectivity index (χ1v) is 7.70. The number of alkyl halides is 3. The lowest BCUT2D eigenvalue weighted by molar-refractivity contribution is -0.137. The van der Waals surface area contributed by atoms with Crippen molar-refractivity contribution in [3.63, 3.8) is 0 Å². The number of rotatable bonds is 1. The van der Waals surface area contributed by atoms with Crippen LogP contribution in [0.2, 0.25) is 0 Å². The second-order valence-electron chi connectivity index (χ2n) is 6.22. The molecule has 2 aliphatic rings. The second-order valence-corrected chi connectivity index (χ2v) is 6.22. The number of nitrogen functional groups attached to an aromatic ring is 1. The standard InChI is InChI=1S/C16H21F3N2/c17-16(18,19)12-7-8-15(13(20)10-12)21-9-3-5-11-4-1-2-6-14(11)21/h7-8,10-11,14H,1-6,9,20H2. The lowest BCUT2D eigenvalue weighted by atomic mass is 9.78. The maximum atomic E-state index is 12.7. The summed E-state index contributed by atoms with van der Waals surface area (Å²) in [5.41, 5.74) is 6.29. The summed E-state index contributed by atoms with van der Waals surface area (Å²) in [5, 5.41) is 0. The van der Waals surface area contributed by atoms with Crippen molar-refractivity contribution in [1.82, 2.24) is 0 Å². The Labute approximate surface area is 123 Å². The van der Waals surface area contributed by atoms with Crippen LogP contribution in [0.25, 0.3) is 0 Å². The predicted octanol–water partition coefficient (Wildman–Crippen LogP) is 4.45. The van der Waals surface area contributed by atoms with Gasteiger partial charge in [0.1, 0.15) is 0 Å². The highest BCUT2D eigenvalue weighted by Gasteiger charge is 2.35. The summed E-state index contributed by atoms with van der Waals surface area (Å²) in [6.45, 7) is 0.900. The quantitative estimate of drug-likeness (QED) is 0.776. The average molecular weight is 298 g/mol. The molecule has 0 aromatic heterocycles. The van der Waals surface area contributed by atoms with Gasteiger partial charge in [-0.1, -0.05) is 12.8 Å². The molecule has 0 radical (unpaired) electrons. The van der Waals surface area contributed by atoms with Gasteiger partial charge in [-0.05, 0) is 49.8 Å². The van der Waals surface area contributed by atoms with E-state index >= 15 is 0 Å². The van der Waals surface area contributed by atoms with Crippen LogP contribution in [0.15, 0.2) is 18.2 Å². The molecular weight excluding hydrogens is 277 g/mol. The fourth-order valence-corrected chi connectivity index (χ4v) is 3.92. The molecule has 0 bridgehead atoms. The fourth-order valence-electron chi connectivity index (χ4n) is 3.92. The molecule has 1 saturated carbocycles. The topological polar surface area (TPSA) is 29.3 Å². The SMILES string of the molecule is Nc1cc(C(F)(F)F)ccc1N1CCCC2CCCCC21. The number of hydrogen-bond acceptors (Lipinski definition) is 2. The molecule has 116 valence electrons. The number of nitrogens with two attached hydrogens (primary N) is 1. The van der Waals surface area contributed by atoms with Crippen molar-refractivity contribution in [3.05, 3.63) is 23.8 Å². The van der Waals surface area contributed by atoms with Gasteiger partial charge in [0.2, 0.25) is 0 Å². The predicted molar refractivity (Wildman–Crippen MR) is 78.2 cm³/mol. The van der Waals surface area contributed by atoms with E-state index in [4.69, 9.17) is 5.73 Å². The molecule has 5 heteroatoms. The first kappa shape index (κ1) is 14.5. The zero-order valence-corrected chi connectivity index (χ0v) is 12.0. The molecule has 2 N–H and O–H groups in total. The minimum Gasteiger partial charge on any atom is -0.397 e. The van der Waals surface area contributed by atoms with E-state index in [1.165, 1.54) is 25.7 Å². The Hall–Kier alpha value is -1.39. The zero-order chi connectivity index (χ0) is 15.0. The minimum absolute atomic E-state index is 0.246.